The third-order valence-electron chi connectivity index (χ3n) is 1.80. The zero-order valence-electron chi connectivity index (χ0n) is 8.91. The number of unbranched alkanes of at least 4 members (excludes halogenated alkanes) is 1. The van der Waals surface area contributed by atoms with Gasteiger partial charge in [0, 0.05) is 11.8 Å². The first-order valence-electron chi connectivity index (χ1n) is 4.97. The lowest BCUT2D eigenvalue weighted by molar-refractivity contribution is 0.572. The number of hydrogen-bond donors (Lipinski definition) is 1. The van der Waals surface area contributed by atoms with Crippen molar-refractivity contribution in [1.29, 1.82) is 0 Å². The smallest absolute Gasteiger partial charge is 0.270 e. The van der Waals surface area contributed by atoms with Crippen molar-refractivity contribution in [2.45, 2.75) is 50.6 Å². The van der Waals surface area contributed by atoms with Gasteiger partial charge in [0.15, 0.2) is 5.16 Å². The maximum Gasteiger partial charge on any atom is 0.343 e. The normalized spacial score (nSPS) is 11.1. The lowest BCUT2D eigenvalue weighted by Crippen LogP contribution is -2.17. The van der Waals surface area contributed by atoms with Crippen LogP contribution in [0.25, 0.3) is 0 Å². The molecule has 1 rings (SSSR count). The zero-order chi connectivity index (χ0) is 10.6. The summed E-state index contributed by atoms with van der Waals surface area (Å²) in [6, 6.07) is 0. The standard InChI is InChI=1S/C9H17N3OS/c1-4-5-6-12-8(13)10-11-9(12)14-7(2)3/h7H,4-6H2,1-3H3,(H,10,13). The molecule has 0 aliphatic rings. The van der Waals surface area contributed by atoms with Gasteiger partial charge in [-0.15, -0.1) is 5.10 Å². The van der Waals surface area contributed by atoms with E-state index in [1.807, 2.05) is 0 Å². The first-order valence-corrected chi connectivity index (χ1v) is 5.85. The Morgan fingerprint density at radius 2 is 2.29 bits per heavy atom. The Morgan fingerprint density at radius 3 is 2.86 bits per heavy atom. The molecular weight excluding hydrogens is 198 g/mol. The van der Waals surface area contributed by atoms with Gasteiger partial charge in [0.1, 0.15) is 0 Å². The summed E-state index contributed by atoms with van der Waals surface area (Å²) in [5.74, 6) is 0. The fraction of sp³-hybridized carbons (Fsp3) is 0.778. The topological polar surface area (TPSA) is 50.7 Å². The van der Waals surface area contributed by atoms with Crippen LogP contribution < -0.4 is 5.69 Å². The van der Waals surface area contributed by atoms with Crippen molar-refractivity contribution in [2.24, 2.45) is 0 Å². The second-order valence-electron chi connectivity index (χ2n) is 3.48. The summed E-state index contributed by atoms with van der Waals surface area (Å²) >= 11 is 1.62. The van der Waals surface area contributed by atoms with Crippen LogP contribution in [-0.4, -0.2) is 20.0 Å². The summed E-state index contributed by atoms with van der Waals surface area (Å²) in [6.07, 6.45) is 2.11. The van der Waals surface area contributed by atoms with Gasteiger partial charge < -0.3 is 0 Å². The lowest BCUT2D eigenvalue weighted by atomic mass is 10.3. The third kappa shape index (κ3) is 2.90. The molecular formula is C9H17N3OS. The fourth-order valence-corrected chi connectivity index (χ4v) is 1.94. The molecule has 0 spiro atoms. The van der Waals surface area contributed by atoms with E-state index in [1.54, 1.807) is 16.3 Å². The Bertz CT molecular complexity index is 329. The minimum Gasteiger partial charge on any atom is -0.270 e. The maximum absolute atomic E-state index is 11.4. The van der Waals surface area contributed by atoms with Gasteiger partial charge in [-0.05, 0) is 6.42 Å². The van der Waals surface area contributed by atoms with Gasteiger partial charge in [0.05, 0.1) is 0 Å². The Kier molecular flexibility index (Phi) is 4.25. The molecule has 1 aromatic rings. The monoisotopic (exact) mass is 215 g/mol. The second kappa shape index (κ2) is 5.24. The van der Waals surface area contributed by atoms with Crippen LogP contribution >= 0.6 is 11.8 Å². The first-order chi connectivity index (χ1) is 6.65. The molecule has 0 atom stereocenters. The molecule has 1 N–H and O–H groups in total. The van der Waals surface area contributed by atoms with Crippen molar-refractivity contribution < 1.29 is 0 Å². The van der Waals surface area contributed by atoms with Gasteiger partial charge in [0.2, 0.25) is 0 Å². The van der Waals surface area contributed by atoms with E-state index in [0.29, 0.717) is 5.25 Å². The molecule has 0 saturated heterocycles. The van der Waals surface area contributed by atoms with Gasteiger partial charge in [-0.3, -0.25) is 4.57 Å². The summed E-state index contributed by atoms with van der Waals surface area (Å²) in [6.45, 7) is 7.06. The molecule has 5 heteroatoms. The number of H-pyrrole nitrogens is 1. The Hall–Kier alpha value is -0.710. The summed E-state index contributed by atoms with van der Waals surface area (Å²) in [4.78, 5) is 11.4. The van der Waals surface area contributed by atoms with E-state index in [-0.39, 0.29) is 5.69 Å². The molecule has 0 amide bonds. The van der Waals surface area contributed by atoms with Crippen LogP contribution in [0.1, 0.15) is 33.6 Å². The van der Waals surface area contributed by atoms with E-state index in [4.69, 9.17) is 0 Å². The molecule has 0 aromatic carbocycles. The Labute approximate surface area is 88.1 Å². The van der Waals surface area contributed by atoms with Crippen LogP contribution in [0, 0.1) is 0 Å². The van der Waals surface area contributed by atoms with E-state index in [9.17, 15) is 4.79 Å². The zero-order valence-corrected chi connectivity index (χ0v) is 9.73. The molecule has 1 aromatic heterocycles. The second-order valence-corrected chi connectivity index (χ2v) is 5.03. The predicted molar refractivity (Wildman–Crippen MR) is 58.7 cm³/mol. The van der Waals surface area contributed by atoms with Gasteiger partial charge in [-0.25, -0.2) is 9.89 Å². The average molecular weight is 215 g/mol. The fourth-order valence-electron chi connectivity index (χ4n) is 1.12. The molecule has 0 fully saturated rings. The molecule has 4 nitrogen and oxygen atoms in total. The van der Waals surface area contributed by atoms with E-state index in [0.717, 1.165) is 24.5 Å². The number of rotatable bonds is 5. The summed E-state index contributed by atoms with van der Waals surface area (Å²) in [5, 5.41) is 7.74. The van der Waals surface area contributed by atoms with Crippen LogP contribution in [0.2, 0.25) is 0 Å². The van der Waals surface area contributed by atoms with E-state index in [1.165, 1.54) is 0 Å². The number of aromatic amines is 1. The number of nitrogens with zero attached hydrogens (tertiary/aromatic N) is 2. The summed E-state index contributed by atoms with van der Waals surface area (Å²) in [5.41, 5.74) is -0.0957. The minimum atomic E-state index is -0.0957. The van der Waals surface area contributed by atoms with Crippen molar-refractivity contribution in [3.8, 4) is 0 Å². The molecule has 0 bridgehead atoms. The van der Waals surface area contributed by atoms with Crippen molar-refractivity contribution in [3.63, 3.8) is 0 Å². The van der Waals surface area contributed by atoms with Gasteiger partial charge in [0.25, 0.3) is 0 Å². The van der Waals surface area contributed by atoms with Crippen molar-refractivity contribution in [2.75, 3.05) is 0 Å². The Balaban J connectivity index is 2.77. The largest absolute Gasteiger partial charge is 0.343 e. The highest BCUT2D eigenvalue weighted by atomic mass is 32.2. The van der Waals surface area contributed by atoms with Gasteiger partial charge in [-0.2, -0.15) is 0 Å². The Morgan fingerprint density at radius 1 is 1.57 bits per heavy atom. The molecule has 0 unspecified atom stereocenters. The first kappa shape index (κ1) is 11.4. The molecule has 1 heterocycles. The maximum atomic E-state index is 11.4. The van der Waals surface area contributed by atoms with Crippen LogP contribution in [0.15, 0.2) is 9.95 Å². The quantitative estimate of drug-likeness (QED) is 0.763. The molecule has 0 aliphatic heterocycles. The van der Waals surface area contributed by atoms with Crippen molar-refractivity contribution >= 4 is 11.8 Å². The number of thioether (sulfide) groups is 1. The van der Waals surface area contributed by atoms with Crippen LogP contribution in [0.4, 0.5) is 0 Å². The number of aromatic nitrogens is 3. The minimum absolute atomic E-state index is 0.0957. The highest BCUT2D eigenvalue weighted by Crippen LogP contribution is 2.18. The van der Waals surface area contributed by atoms with Crippen LogP contribution in [-0.2, 0) is 6.54 Å². The molecule has 0 radical (unpaired) electrons. The van der Waals surface area contributed by atoms with Crippen LogP contribution in [0.5, 0.6) is 0 Å². The molecule has 14 heavy (non-hydrogen) atoms. The number of nitrogens with one attached hydrogen (secondary N) is 1. The van der Waals surface area contributed by atoms with Crippen molar-refractivity contribution in [1.82, 2.24) is 14.8 Å². The highest BCUT2D eigenvalue weighted by molar-refractivity contribution is 7.99. The SMILES string of the molecule is CCCCn1c(SC(C)C)n[nH]c1=O. The van der Waals surface area contributed by atoms with E-state index < -0.39 is 0 Å². The van der Waals surface area contributed by atoms with Gasteiger partial charge in [-0.1, -0.05) is 39.0 Å². The van der Waals surface area contributed by atoms with E-state index >= 15 is 0 Å². The lowest BCUT2D eigenvalue weighted by Gasteiger charge is -2.05. The summed E-state index contributed by atoms with van der Waals surface area (Å²) in [7, 11) is 0. The number of hydrogen-bond acceptors (Lipinski definition) is 3. The van der Waals surface area contributed by atoms with Crippen LogP contribution in [0.3, 0.4) is 0 Å². The van der Waals surface area contributed by atoms with E-state index in [2.05, 4.69) is 31.0 Å². The summed E-state index contributed by atoms with van der Waals surface area (Å²) < 4.78 is 1.72. The third-order valence-corrected chi connectivity index (χ3v) is 2.79. The van der Waals surface area contributed by atoms with Gasteiger partial charge >= 0.3 is 5.69 Å². The molecule has 0 saturated carbocycles. The highest BCUT2D eigenvalue weighted by Gasteiger charge is 2.09. The predicted octanol–water partition coefficient (Wildman–Crippen LogP) is 1.87. The van der Waals surface area contributed by atoms with Crippen molar-refractivity contribution in [3.05, 3.63) is 10.5 Å². The molecule has 80 valence electrons. The molecule has 0 aliphatic carbocycles. The average Bonchev–Trinajstić information content (AvgIpc) is 2.44.